The predicted octanol–water partition coefficient (Wildman–Crippen LogP) is 0.300. The lowest BCUT2D eigenvalue weighted by Crippen LogP contribution is -2.27. The third kappa shape index (κ3) is 2.79. The molecule has 0 aliphatic rings. The Morgan fingerprint density at radius 2 is 2.20 bits per heavy atom. The highest BCUT2D eigenvalue weighted by Crippen LogP contribution is 2.10. The molecule has 1 N–H and O–H groups in total. The molecule has 0 fully saturated rings. The zero-order chi connectivity index (χ0) is 11.4. The molecule has 84 valence electrons. The fourth-order valence-corrected chi connectivity index (χ4v) is 1.44. The van der Waals surface area contributed by atoms with E-state index in [1.54, 1.807) is 0 Å². The average Bonchev–Trinajstić information content (AvgIpc) is 2.40. The first kappa shape index (κ1) is 11.7. The number of methoxy groups -OCH3 is 1. The molecule has 5 nitrogen and oxygen atoms in total. The van der Waals surface area contributed by atoms with Gasteiger partial charge in [0.15, 0.2) is 0 Å². The maximum atomic E-state index is 11.2. The van der Waals surface area contributed by atoms with Gasteiger partial charge in [0.05, 0.1) is 5.69 Å². The molecule has 1 aromatic rings. The molecular weight excluding hydrogens is 194 g/mol. The van der Waals surface area contributed by atoms with E-state index in [4.69, 9.17) is 4.74 Å². The number of aryl methyl sites for hydroxylation is 2. The first-order valence-corrected chi connectivity index (χ1v) is 4.81. The van der Waals surface area contributed by atoms with Crippen molar-refractivity contribution in [3.63, 3.8) is 0 Å². The van der Waals surface area contributed by atoms with Gasteiger partial charge >= 0.3 is 0 Å². The van der Waals surface area contributed by atoms with Crippen LogP contribution in [-0.4, -0.2) is 29.4 Å². The van der Waals surface area contributed by atoms with Crippen LogP contribution in [0.25, 0.3) is 0 Å². The highest BCUT2D eigenvalue weighted by Gasteiger charge is 2.09. The summed E-state index contributed by atoms with van der Waals surface area (Å²) >= 11 is 0. The van der Waals surface area contributed by atoms with Gasteiger partial charge in [-0.15, -0.1) is 0 Å². The average molecular weight is 211 g/mol. The number of nitrogens with zero attached hydrogens (tertiary/aromatic N) is 2. The minimum atomic E-state index is -0.111. The molecule has 1 amide bonds. The van der Waals surface area contributed by atoms with Crippen molar-refractivity contribution < 1.29 is 9.53 Å². The zero-order valence-electron chi connectivity index (χ0n) is 9.63. The third-order valence-corrected chi connectivity index (χ3v) is 2.40. The molecule has 0 bridgehead atoms. The lowest BCUT2D eigenvalue weighted by Gasteiger charge is -2.04. The van der Waals surface area contributed by atoms with E-state index in [1.165, 1.54) is 7.11 Å². The van der Waals surface area contributed by atoms with Crippen molar-refractivity contribution in [1.29, 1.82) is 0 Å². The van der Waals surface area contributed by atoms with Gasteiger partial charge < -0.3 is 10.1 Å². The van der Waals surface area contributed by atoms with Gasteiger partial charge in [0, 0.05) is 32.0 Å². The third-order valence-electron chi connectivity index (χ3n) is 2.40. The Morgan fingerprint density at radius 3 is 2.67 bits per heavy atom. The molecule has 1 rings (SSSR count). The van der Waals surface area contributed by atoms with Crippen molar-refractivity contribution in [1.82, 2.24) is 15.1 Å². The number of aromatic nitrogens is 2. The summed E-state index contributed by atoms with van der Waals surface area (Å²) in [6.45, 7) is 4.52. The second-order valence-electron chi connectivity index (χ2n) is 3.48. The number of hydrogen-bond donors (Lipinski definition) is 1. The van der Waals surface area contributed by atoms with Crippen LogP contribution in [0.15, 0.2) is 0 Å². The number of nitrogens with one attached hydrogen (secondary N) is 1. The highest BCUT2D eigenvalue weighted by atomic mass is 16.5. The Bertz CT molecular complexity index is 358. The summed E-state index contributed by atoms with van der Waals surface area (Å²) in [6.07, 6.45) is 0. The molecule has 0 unspecified atom stereocenters. The first-order valence-electron chi connectivity index (χ1n) is 4.81. The van der Waals surface area contributed by atoms with E-state index in [0.29, 0.717) is 6.54 Å². The van der Waals surface area contributed by atoms with Crippen molar-refractivity contribution in [2.24, 2.45) is 7.05 Å². The van der Waals surface area contributed by atoms with E-state index in [0.717, 1.165) is 17.0 Å². The normalized spacial score (nSPS) is 10.4. The highest BCUT2D eigenvalue weighted by molar-refractivity contribution is 5.77. The van der Waals surface area contributed by atoms with E-state index in [1.807, 2.05) is 25.6 Å². The van der Waals surface area contributed by atoms with Gasteiger partial charge in [-0.1, -0.05) is 0 Å². The molecule has 1 heterocycles. The molecule has 0 saturated carbocycles. The monoisotopic (exact) mass is 211 g/mol. The molecule has 5 heteroatoms. The SMILES string of the molecule is COCC(=O)NCc1c(C)nn(C)c1C. The predicted molar refractivity (Wildman–Crippen MR) is 56.4 cm³/mol. The fraction of sp³-hybridized carbons (Fsp3) is 0.600. The summed E-state index contributed by atoms with van der Waals surface area (Å²) in [7, 11) is 3.39. The molecule has 0 spiro atoms. The lowest BCUT2D eigenvalue weighted by molar-refractivity contribution is -0.124. The number of rotatable bonds is 4. The molecule has 0 aliphatic carbocycles. The van der Waals surface area contributed by atoms with Crippen LogP contribution in [-0.2, 0) is 23.1 Å². The van der Waals surface area contributed by atoms with Gasteiger partial charge in [0.25, 0.3) is 0 Å². The molecule has 0 radical (unpaired) electrons. The van der Waals surface area contributed by atoms with Crippen LogP contribution >= 0.6 is 0 Å². The topological polar surface area (TPSA) is 56.1 Å². The van der Waals surface area contributed by atoms with E-state index in [9.17, 15) is 4.79 Å². The Hall–Kier alpha value is -1.36. The van der Waals surface area contributed by atoms with Crippen molar-refractivity contribution in [2.45, 2.75) is 20.4 Å². The van der Waals surface area contributed by atoms with Crippen LogP contribution in [0.2, 0.25) is 0 Å². The number of carbonyl (C=O) groups excluding carboxylic acids is 1. The van der Waals surface area contributed by atoms with Crippen molar-refractivity contribution >= 4 is 5.91 Å². The standard InChI is InChI=1S/C10H17N3O2/c1-7-9(8(2)13(3)12-7)5-11-10(14)6-15-4/h5-6H2,1-4H3,(H,11,14). The smallest absolute Gasteiger partial charge is 0.246 e. The molecule has 1 aromatic heterocycles. The summed E-state index contributed by atoms with van der Waals surface area (Å²) in [5.74, 6) is -0.111. The van der Waals surface area contributed by atoms with Crippen LogP contribution in [0, 0.1) is 13.8 Å². The summed E-state index contributed by atoms with van der Waals surface area (Å²) in [4.78, 5) is 11.2. The number of carbonyl (C=O) groups is 1. The molecule has 0 atom stereocenters. The van der Waals surface area contributed by atoms with Gasteiger partial charge in [-0.05, 0) is 13.8 Å². The molecule has 0 aliphatic heterocycles. The van der Waals surface area contributed by atoms with E-state index in [-0.39, 0.29) is 12.5 Å². The first-order chi connectivity index (χ1) is 7.06. The summed E-state index contributed by atoms with van der Waals surface area (Å²) < 4.78 is 6.54. The van der Waals surface area contributed by atoms with Crippen LogP contribution in [0.3, 0.4) is 0 Å². The van der Waals surface area contributed by atoms with Crippen molar-refractivity contribution in [3.8, 4) is 0 Å². The quantitative estimate of drug-likeness (QED) is 0.779. The Balaban J connectivity index is 2.61. The van der Waals surface area contributed by atoms with E-state index >= 15 is 0 Å². The zero-order valence-corrected chi connectivity index (χ0v) is 9.63. The van der Waals surface area contributed by atoms with E-state index < -0.39 is 0 Å². The summed E-state index contributed by atoms with van der Waals surface area (Å²) in [6, 6.07) is 0. The Kier molecular flexibility index (Phi) is 3.85. The van der Waals surface area contributed by atoms with Crippen molar-refractivity contribution in [2.75, 3.05) is 13.7 Å². The summed E-state index contributed by atoms with van der Waals surface area (Å²) in [5.41, 5.74) is 3.10. The van der Waals surface area contributed by atoms with Crippen molar-refractivity contribution in [3.05, 3.63) is 17.0 Å². The van der Waals surface area contributed by atoms with Crippen LogP contribution in [0.1, 0.15) is 17.0 Å². The Labute approximate surface area is 89.4 Å². The minimum Gasteiger partial charge on any atom is -0.375 e. The van der Waals surface area contributed by atoms with Gasteiger partial charge in [-0.2, -0.15) is 5.10 Å². The minimum absolute atomic E-state index is 0.0956. The van der Waals surface area contributed by atoms with Gasteiger partial charge in [0.2, 0.25) is 5.91 Å². The summed E-state index contributed by atoms with van der Waals surface area (Å²) in [5, 5.41) is 7.05. The van der Waals surface area contributed by atoms with Gasteiger partial charge in [0.1, 0.15) is 6.61 Å². The number of hydrogen-bond acceptors (Lipinski definition) is 3. The number of amides is 1. The Morgan fingerprint density at radius 1 is 1.53 bits per heavy atom. The maximum absolute atomic E-state index is 11.2. The molecule has 15 heavy (non-hydrogen) atoms. The van der Waals surface area contributed by atoms with Crippen LogP contribution in [0.4, 0.5) is 0 Å². The molecule has 0 aromatic carbocycles. The fourth-order valence-electron chi connectivity index (χ4n) is 1.44. The van der Waals surface area contributed by atoms with E-state index in [2.05, 4.69) is 10.4 Å². The lowest BCUT2D eigenvalue weighted by atomic mass is 10.2. The van der Waals surface area contributed by atoms with Crippen LogP contribution in [0.5, 0.6) is 0 Å². The number of ether oxygens (including phenoxy) is 1. The maximum Gasteiger partial charge on any atom is 0.246 e. The second kappa shape index (κ2) is 4.93. The molecular formula is C10H17N3O2. The van der Waals surface area contributed by atoms with Gasteiger partial charge in [-0.25, -0.2) is 0 Å². The largest absolute Gasteiger partial charge is 0.375 e. The van der Waals surface area contributed by atoms with Gasteiger partial charge in [-0.3, -0.25) is 9.48 Å². The van der Waals surface area contributed by atoms with Crippen LogP contribution < -0.4 is 5.32 Å². The second-order valence-corrected chi connectivity index (χ2v) is 3.48. The molecule has 0 saturated heterocycles.